The number of nitrogens with zero attached hydrogens (tertiary/aromatic N) is 3. The van der Waals surface area contributed by atoms with Crippen molar-refractivity contribution in [3.05, 3.63) is 70.9 Å². The van der Waals surface area contributed by atoms with Crippen molar-refractivity contribution < 1.29 is 38.6 Å². The summed E-state index contributed by atoms with van der Waals surface area (Å²) in [6, 6.07) is 12.5. The van der Waals surface area contributed by atoms with E-state index in [1.807, 2.05) is 57.5 Å². The standard InChI is InChI=1S/C41H55N5O8S/c1-27-34(55-26-43-27)29-15-13-28(14-16-29)24-42-36(48)32-12-11-22-46(32)37(49)35(40(2,3)4)44-33(47)25-45(39(52)54-41(5,6)7)21-9-8-10-23-53-31-19-17-30(18-20-31)38(50)51/h13-20,26,32,35H,8-12,21-25H2,1-7H3,(H,42,48)(H,44,47)(H,50,51)/t32-,35+/m0/s1. The number of aromatic nitrogens is 1. The molecule has 0 radical (unpaired) electrons. The maximum atomic E-state index is 14.1. The van der Waals surface area contributed by atoms with Gasteiger partial charge in [0, 0.05) is 19.6 Å². The Labute approximate surface area is 327 Å². The SMILES string of the molecule is Cc1ncsc1-c1ccc(CNC(=O)[C@@H]2CCCN2C(=O)[C@@H](NC(=O)CN(CCCCCOc2ccc(C(=O)O)cc2)C(=O)OC(C)(C)C)C(C)(C)C)cc1. The van der Waals surface area contributed by atoms with Gasteiger partial charge in [-0.3, -0.25) is 19.3 Å². The predicted molar refractivity (Wildman–Crippen MR) is 211 cm³/mol. The van der Waals surface area contributed by atoms with Gasteiger partial charge in [0.2, 0.25) is 17.7 Å². The van der Waals surface area contributed by atoms with E-state index >= 15 is 0 Å². The molecule has 2 aromatic carbocycles. The van der Waals surface area contributed by atoms with Crippen LogP contribution in [0.4, 0.5) is 4.79 Å². The van der Waals surface area contributed by atoms with Crippen molar-refractivity contribution in [1.82, 2.24) is 25.4 Å². The number of nitrogens with one attached hydrogen (secondary N) is 2. The lowest BCUT2D eigenvalue weighted by Gasteiger charge is -2.36. The second-order valence-corrected chi connectivity index (χ2v) is 16.7. The van der Waals surface area contributed by atoms with Gasteiger partial charge < -0.3 is 30.1 Å². The molecule has 1 fully saturated rings. The van der Waals surface area contributed by atoms with Crippen LogP contribution in [0.5, 0.6) is 5.75 Å². The van der Waals surface area contributed by atoms with Crippen molar-refractivity contribution in [3.8, 4) is 16.2 Å². The van der Waals surface area contributed by atoms with Crippen LogP contribution in [0.2, 0.25) is 0 Å². The Morgan fingerprint density at radius 2 is 1.67 bits per heavy atom. The Balaban J connectivity index is 1.32. The van der Waals surface area contributed by atoms with Gasteiger partial charge in [0.05, 0.1) is 28.3 Å². The van der Waals surface area contributed by atoms with Gasteiger partial charge >= 0.3 is 12.1 Å². The minimum atomic E-state index is -1.01. The molecule has 55 heavy (non-hydrogen) atoms. The highest BCUT2D eigenvalue weighted by Gasteiger charge is 2.42. The minimum absolute atomic E-state index is 0.177. The average Bonchev–Trinajstić information content (AvgIpc) is 3.79. The molecule has 0 unspecified atom stereocenters. The topological polar surface area (TPSA) is 167 Å². The average molecular weight is 778 g/mol. The fourth-order valence-corrected chi connectivity index (χ4v) is 7.00. The second-order valence-electron chi connectivity index (χ2n) is 15.9. The number of carbonyl (C=O) groups excluding carboxylic acids is 4. The van der Waals surface area contributed by atoms with Crippen LogP contribution in [-0.4, -0.2) is 93.6 Å². The van der Waals surface area contributed by atoms with Crippen LogP contribution in [0, 0.1) is 12.3 Å². The molecule has 298 valence electrons. The van der Waals surface area contributed by atoms with Crippen molar-refractivity contribution in [2.45, 2.75) is 105 Å². The Bertz CT molecular complexity index is 1780. The maximum Gasteiger partial charge on any atom is 0.410 e. The van der Waals surface area contributed by atoms with Gasteiger partial charge in [0.25, 0.3) is 0 Å². The number of rotatable bonds is 16. The number of aromatic carboxylic acids is 1. The molecule has 4 rings (SSSR count). The third-order valence-electron chi connectivity index (χ3n) is 9.11. The number of ether oxygens (including phenoxy) is 2. The van der Waals surface area contributed by atoms with E-state index in [-0.39, 0.29) is 30.5 Å². The van der Waals surface area contributed by atoms with Crippen LogP contribution in [0.1, 0.15) is 95.3 Å². The monoisotopic (exact) mass is 777 g/mol. The quantitative estimate of drug-likeness (QED) is 0.139. The lowest BCUT2D eigenvalue weighted by Crippen LogP contribution is -2.58. The van der Waals surface area contributed by atoms with E-state index in [4.69, 9.17) is 14.6 Å². The van der Waals surface area contributed by atoms with E-state index in [1.54, 1.807) is 49.1 Å². The molecule has 0 saturated carbocycles. The number of carbonyl (C=O) groups is 5. The molecule has 4 amide bonds. The second kappa shape index (κ2) is 19.1. The maximum absolute atomic E-state index is 14.1. The normalized spacial score (nSPS) is 14.9. The number of likely N-dealkylation sites (tertiary alicyclic amines) is 1. The third-order valence-corrected chi connectivity index (χ3v) is 10.1. The smallest absolute Gasteiger partial charge is 0.410 e. The molecule has 3 aromatic rings. The van der Waals surface area contributed by atoms with Crippen LogP contribution >= 0.6 is 11.3 Å². The van der Waals surface area contributed by atoms with E-state index in [1.165, 1.54) is 17.0 Å². The molecule has 3 N–H and O–H groups in total. The molecule has 1 saturated heterocycles. The van der Waals surface area contributed by atoms with Gasteiger partial charge in [0.1, 0.15) is 30.0 Å². The molecule has 1 aromatic heterocycles. The molecule has 2 atom stereocenters. The van der Waals surface area contributed by atoms with E-state index in [9.17, 15) is 24.0 Å². The lowest BCUT2D eigenvalue weighted by molar-refractivity contribution is -0.144. The molecule has 14 heteroatoms. The summed E-state index contributed by atoms with van der Waals surface area (Å²) in [5, 5.41) is 15.0. The number of hydrogen-bond donors (Lipinski definition) is 3. The van der Waals surface area contributed by atoms with Crippen molar-refractivity contribution in [1.29, 1.82) is 0 Å². The first-order chi connectivity index (χ1) is 25.9. The Kier molecular flexibility index (Phi) is 14.8. The zero-order chi connectivity index (χ0) is 40.3. The highest BCUT2D eigenvalue weighted by Crippen LogP contribution is 2.28. The molecule has 0 bridgehead atoms. The summed E-state index contributed by atoms with van der Waals surface area (Å²) >= 11 is 1.58. The number of hydrogen-bond acceptors (Lipinski definition) is 9. The van der Waals surface area contributed by atoms with E-state index in [2.05, 4.69) is 15.6 Å². The first-order valence-electron chi connectivity index (χ1n) is 18.7. The van der Waals surface area contributed by atoms with Crippen LogP contribution in [0.25, 0.3) is 10.4 Å². The number of carboxylic acids is 1. The van der Waals surface area contributed by atoms with Crippen LogP contribution in [0.15, 0.2) is 54.0 Å². The van der Waals surface area contributed by atoms with Crippen LogP contribution < -0.4 is 15.4 Å². The van der Waals surface area contributed by atoms with Crippen molar-refractivity contribution >= 4 is 41.1 Å². The van der Waals surface area contributed by atoms with Crippen molar-refractivity contribution in [2.75, 3.05) is 26.2 Å². The van der Waals surface area contributed by atoms with Crippen molar-refractivity contribution in [3.63, 3.8) is 0 Å². The number of amides is 4. The first-order valence-corrected chi connectivity index (χ1v) is 19.6. The molecule has 13 nitrogen and oxygen atoms in total. The van der Waals surface area contributed by atoms with Crippen LogP contribution in [-0.2, 0) is 25.7 Å². The van der Waals surface area contributed by atoms with Gasteiger partial charge in [0.15, 0.2) is 0 Å². The molecule has 2 heterocycles. The summed E-state index contributed by atoms with van der Waals surface area (Å²) in [4.78, 5) is 73.7. The zero-order valence-electron chi connectivity index (χ0n) is 33.0. The summed E-state index contributed by atoms with van der Waals surface area (Å²) in [5.74, 6) is -1.55. The number of benzene rings is 2. The van der Waals surface area contributed by atoms with Gasteiger partial charge in [-0.1, -0.05) is 45.0 Å². The summed E-state index contributed by atoms with van der Waals surface area (Å²) in [6.45, 7) is 13.8. The summed E-state index contributed by atoms with van der Waals surface area (Å²) in [5.41, 5.74) is 3.49. The van der Waals surface area contributed by atoms with Crippen molar-refractivity contribution in [2.24, 2.45) is 5.41 Å². The highest BCUT2D eigenvalue weighted by atomic mass is 32.1. The predicted octanol–water partition coefficient (Wildman–Crippen LogP) is 6.44. The molecule has 1 aliphatic rings. The van der Waals surface area contributed by atoms with E-state index in [0.717, 1.165) is 21.7 Å². The largest absolute Gasteiger partial charge is 0.494 e. The molecule has 1 aliphatic heterocycles. The van der Waals surface area contributed by atoms with Gasteiger partial charge in [-0.2, -0.15) is 0 Å². The summed E-state index contributed by atoms with van der Waals surface area (Å²) in [7, 11) is 0. The van der Waals surface area contributed by atoms with E-state index in [0.29, 0.717) is 57.6 Å². The number of carboxylic acid groups (broad SMARTS) is 1. The lowest BCUT2D eigenvalue weighted by atomic mass is 9.85. The highest BCUT2D eigenvalue weighted by molar-refractivity contribution is 7.13. The van der Waals surface area contributed by atoms with E-state index < -0.39 is 41.1 Å². The Morgan fingerprint density at radius 1 is 0.982 bits per heavy atom. The van der Waals surface area contributed by atoms with Crippen LogP contribution in [0.3, 0.4) is 0 Å². The Morgan fingerprint density at radius 3 is 2.27 bits per heavy atom. The fraction of sp³-hybridized carbons (Fsp3) is 0.512. The molecule has 0 spiro atoms. The zero-order valence-corrected chi connectivity index (χ0v) is 33.8. The minimum Gasteiger partial charge on any atom is -0.494 e. The molecular weight excluding hydrogens is 723 g/mol. The number of thiazole rings is 1. The first kappa shape index (κ1) is 42.8. The Hall–Kier alpha value is -4.98. The summed E-state index contributed by atoms with van der Waals surface area (Å²) in [6.07, 6.45) is 2.45. The molecule has 0 aliphatic carbocycles. The summed E-state index contributed by atoms with van der Waals surface area (Å²) < 4.78 is 11.3. The van der Waals surface area contributed by atoms with Gasteiger partial charge in [-0.15, -0.1) is 11.3 Å². The molecular formula is C41H55N5O8S. The van der Waals surface area contributed by atoms with Gasteiger partial charge in [-0.05, 0) is 101 Å². The third kappa shape index (κ3) is 12.8. The number of unbranched alkanes of at least 4 members (excludes halogenated alkanes) is 2. The van der Waals surface area contributed by atoms with Gasteiger partial charge in [-0.25, -0.2) is 14.6 Å². The number of aryl methyl sites for hydroxylation is 1. The fourth-order valence-electron chi connectivity index (χ4n) is 6.18.